The van der Waals surface area contributed by atoms with Crippen LogP contribution < -0.4 is 5.32 Å². The Labute approximate surface area is 104 Å². The molecule has 1 saturated heterocycles. The lowest BCUT2D eigenvalue weighted by Gasteiger charge is -2.30. The molecule has 2 rings (SSSR count). The lowest BCUT2D eigenvalue weighted by molar-refractivity contribution is 0.0395. The summed E-state index contributed by atoms with van der Waals surface area (Å²) < 4.78 is 45.3. The van der Waals surface area contributed by atoms with Gasteiger partial charge in [-0.05, 0) is 26.0 Å². The number of rotatable bonds is 3. The van der Waals surface area contributed by atoms with Gasteiger partial charge in [0.05, 0.1) is 6.61 Å². The molecule has 5 heteroatoms. The monoisotopic (exact) mass is 259 g/mol. The summed E-state index contributed by atoms with van der Waals surface area (Å²) in [5.41, 5.74) is 0.159. The molecule has 1 heterocycles. The van der Waals surface area contributed by atoms with E-state index < -0.39 is 17.5 Å². The third-order valence-corrected chi connectivity index (χ3v) is 3.38. The fourth-order valence-electron chi connectivity index (χ4n) is 2.45. The van der Waals surface area contributed by atoms with Crippen molar-refractivity contribution in [2.75, 3.05) is 20.3 Å². The number of benzene rings is 1. The van der Waals surface area contributed by atoms with E-state index in [9.17, 15) is 13.2 Å². The predicted molar refractivity (Wildman–Crippen MR) is 61.7 cm³/mol. The second-order valence-corrected chi connectivity index (χ2v) is 4.51. The van der Waals surface area contributed by atoms with Crippen molar-refractivity contribution in [3.63, 3.8) is 0 Å². The fourth-order valence-corrected chi connectivity index (χ4v) is 2.45. The van der Waals surface area contributed by atoms with Gasteiger partial charge in [-0.15, -0.1) is 0 Å². The third-order valence-electron chi connectivity index (χ3n) is 3.38. The lowest BCUT2D eigenvalue weighted by atomic mass is 9.88. The van der Waals surface area contributed by atoms with E-state index in [1.807, 2.05) is 0 Å². The first kappa shape index (κ1) is 13.4. The molecule has 2 nitrogen and oxygen atoms in total. The molecule has 1 aromatic rings. The van der Waals surface area contributed by atoms with Crippen LogP contribution in [-0.2, 0) is 4.74 Å². The molecule has 1 fully saturated rings. The van der Waals surface area contributed by atoms with E-state index in [-0.39, 0.29) is 17.5 Å². The summed E-state index contributed by atoms with van der Waals surface area (Å²) in [6, 6.07) is 1.89. The molecule has 2 unspecified atom stereocenters. The highest BCUT2D eigenvalue weighted by Gasteiger charge is 2.28. The van der Waals surface area contributed by atoms with Gasteiger partial charge in [-0.1, -0.05) is 6.07 Å². The Kier molecular flexibility index (Phi) is 4.24. The Hall–Kier alpha value is -1.07. The highest BCUT2D eigenvalue weighted by Crippen LogP contribution is 2.31. The molecule has 1 aliphatic heterocycles. The van der Waals surface area contributed by atoms with Gasteiger partial charge in [-0.3, -0.25) is 0 Å². The van der Waals surface area contributed by atoms with Gasteiger partial charge in [-0.2, -0.15) is 0 Å². The molecule has 0 spiro atoms. The van der Waals surface area contributed by atoms with Crippen LogP contribution in [0.5, 0.6) is 0 Å². The first-order valence-electron chi connectivity index (χ1n) is 6.03. The molecule has 1 aliphatic rings. The minimum Gasteiger partial charge on any atom is -0.381 e. The summed E-state index contributed by atoms with van der Waals surface area (Å²) in [6.45, 7) is 1.21. The molecule has 2 atom stereocenters. The molecular weight excluding hydrogens is 243 g/mol. The Bertz CT molecular complexity index is 419. The smallest absolute Gasteiger partial charge is 0.194 e. The van der Waals surface area contributed by atoms with E-state index in [4.69, 9.17) is 4.74 Å². The average Bonchev–Trinajstić information content (AvgIpc) is 2.41. The number of hydrogen-bond donors (Lipinski definition) is 1. The highest BCUT2D eigenvalue weighted by atomic mass is 19.2. The minimum absolute atomic E-state index is 0.0723. The second-order valence-electron chi connectivity index (χ2n) is 4.51. The largest absolute Gasteiger partial charge is 0.381 e. The minimum atomic E-state index is -1.41. The van der Waals surface area contributed by atoms with Crippen molar-refractivity contribution in [2.24, 2.45) is 5.92 Å². The van der Waals surface area contributed by atoms with Crippen LogP contribution >= 0.6 is 0 Å². The molecule has 0 bridgehead atoms. The van der Waals surface area contributed by atoms with Gasteiger partial charge >= 0.3 is 0 Å². The summed E-state index contributed by atoms with van der Waals surface area (Å²) in [6.07, 6.45) is 1.78. The van der Waals surface area contributed by atoms with Gasteiger partial charge in [-0.25, -0.2) is 13.2 Å². The maximum atomic E-state index is 13.8. The Morgan fingerprint density at radius 3 is 2.67 bits per heavy atom. The Balaban J connectivity index is 2.29. The first-order chi connectivity index (χ1) is 8.65. The second kappa shape index (κ2) is 5.71. The van der Waals surface area contributed by atoms with Crippen LogP contribution in [0.4, 0.5) is 13.2 Å². The number of hydrogen-bond acceptors (Lipinski definition) is 2. The summed E-state index contributed by atoms with van der Waals surface area (Å²) in [5, 5.41) is 2.97. The average molecular weight is 259 g/mol. The summed E-state index contributed by atoms with van der Waals surface area (Å²) in [4.78, 5) is 0. The lowest BCUT2D eigenvalue weighted by Crippen LogP contribution is -2.32. The molecule has 0 aliphatic carbocycles. The van der Waals surface area contributed by atoms with E-state index in [1.54, 1.807) is 7.05 Å². The molecule has 0 amide bonds. The Morgan fingerprint density at radius 1 is 1.28 bits per heavy atom. The van der Waals surface area contributed by atoms with Crippen molar-refractivity contribution < 1.29 is 17.9 Å². The van der Waals surface area contributed by atoms with Crippen LogP contribution in [0, 0.1) is 23.4 Å². The van der Waals surface area contributed by atoms with Crippen LogP contribution in [0.1, 0.15) is 24.4 Å². The summed E-state index contributed by atoms with van der Waals surface area (Å²) in [5.74, 6) is -3.61. The van der Waals surface area contributed by atoms with Gasteiger partial charge < -0.3 is 10.1 Å². The Morgan fingerprint density at radius 2 is 2.06 bits per heavy atom. The predicted octanol–water partition coefficient (Wildman–Crippen LogP) is 2.79. The summed E-state index contributed by atoms with van der Waals surface area (Å²) >= 11 is 0. The molecule has 1 aromatic carbocycles. The standard InChI is InChI=1S/C13H16F3NO/c1-17-13(8-3-2-6-18-7-8)9-4-5-10(14)12(16)11(9)15/h4-5,8,13,17H,2-3,6-7H2,1H3. The number of ether oxygens (including phenoxy) is 1. The van der Waals surface area contributed by atoms with E-state index in [0.29, 0.717) is 13.2 Å². The van der Waals surface area contributed by atoms with Gasteiger partial charge in [0.15, 0.2) is 17.5 Å². The van der Waals surface area contributed by atoms with Crippen molar-refractivity contribution in [1.82, 2.24) is 5.32 Å². The molecule has 1 N–H and O–H groups in total. The molecule has 0 saturated carbocycles. The van der Waals surface area contributed by atoms with Gasteiger partial charge in [0.25, 0.3) is 0 Å². The zero-order valence-corrected chi connectivity index (χ0v) is 10.2. The van der Waals surface area contributed by atoms with Crippen LogP contribution in [0.2, 0.25) is 0 Å². The van der Waals surface area contributed by atoms with E-state index in [0.717, 1.165) is 18.9 Å². The fraction of sp³-hybridized carbons (Fsp3) is 0.538. The maximum absolute atomic E-state index is 13.8. The number of halogens is 3. The van der Waals surface area contributed by atoms with Crippen LogP contribution in [0.15, 0.2) is 12.1 Å². The molecular formula is C13H16F3NO. The zero-order valence-electron chi connectivity index (χ0n) is 10.2. The third kappa shape index (κ3) is 2.52. The quantitative estimate of drug-likeness (QED) is 0.843. The molecule has 100 valence electrons. The van der Waals surface area contributed by atoms with Crippen LogP contribution in [-0.4, -0.2) is 20.3 Å². The maximum Gasteiger partial charge on any atom is 0.194 e. The van der Waals surface area contributed by atoms with Crippen molar-refractivity contribution in [3.8, 4) is 0 Å². The SMILES string of the molecule is CNC(c1ccc(F)c(F)c1F)C1CCCOC1. The van der Waals surface area contributed by atoms with E-state index in [2.05, 4.69) is 5.32 Å². The highest BCUT2D eigenvalue weighted by molar-refractivity contribution is 5.24. The van der Waals surface area contributed by atoms with Crippen LogP contribution in [0.3, 0.4) is 0 Å². The van der Waals surface area contributed by atoms with Gasteiger partial charge in [0.1, 0.15) is 0 Å². The van der Waals surface area contributed by atoms with Crippen LogP contribution in [0.25, 0.3) is 0 Å². The molecule has 0 radical (unpaired) electrons. The number of nitrogens with one attached hydrogen (secondary N) is 1. The molecule has 18 heavy (non-hydrogen) atoms. The first-order valence-corrected chi connectivity index (χ1v) is 6.03. The van der Waals surface area contributed by atoms with Crippen molar-refractivity contribution in [2.45, 2.75) is 18.9 Å². The molecule has 0 aromatic heterocycles. The van der Waals surface area contributed by atoms with Gasteiger partial charge in [0.2, 0.25) is 0 Å². The zero-order chi connectivity index (χ0) is 13.1. The van der Waals surface area contributed by atoms with E-state index in [1.165, 1.54) is 6.07 Å². The van der Waals surface area contributed by atoms with Crippen molar-refractivity contribution in [3.05, 3.63) is 35.1 Å². The van der Waals surface area contributed by atoms with E-state index >= 15 is 0 Å². The van der Waals surface area contributed by atoms with Crippen molar-refractivity contribution >= 4 is 0 Å². The topological polar surface area (TPSA) is 21.3 Å². The van der Waals surface area contributed by atoms with Crippen molar-refractivity contribution in [1.29, 1.82) is 0 Å². The normalized spacial score (nSPS) is 21.9. The summed E-state index contributed by atoms with van der Waals surface area (Å²) in [7, 11) is 1.68. The van der Waals surface area contributed by atoms with Gasteiger partial charge in [0, 0.05) is 24.1 Å².